The van der Waals surface area contributed by atoms with Gasteiger partial charge in [-0.05, 0) is 47.9 Å². The summed E-state index contributed by atoms with van der Waals surface area (Å²) >= 11 is 3.49. The van der Waals surface area contributed by atoms with E-state index in [-0.39, 0.29) is 11.8 Å². The topological polar surface area (TPSA) is 29.5 Å². The molecule has 0 saturated carbocycles. The second-order valence-electron chi connectivity index (χ2n) is 5.21. The van der Waals surface area contributed by atoms with E-state index in [4.69, 9.17) is 4.74 Å². The van der Waals surface area contributed by atoms with Crippen molar-refractivity contribution in [3.63, 3.8) is 0 Å². The first kappa shape index (κ1) is 14.1. The minimum atomic E-state index is -0.130. The average Bonchev–Trinajstić information content (AvgIpc) is 2.72. The van der Waals surface area contributed by atoms with Crippen LogP contribution in [0.4, 0.5) is 5.69 Å². The van der Waals surface area contributed by atoms with Gasteiger partial charge in [0.05, 0.1) is 13.0 Å². The number of amides is 1. The Kier molecular flexibility index (Phi) is 3.72. The molecule has 2 aromatic carbocycles. The van der Waals surface area contributed by atoms with Crippen molar-refractivity contribution in [1.82, 2.24) is 0 Å². The molecule has 3 nitrogen and oxygen atoms in total. The number of hydrogen-bond acceptors (Lipinski definition) is 2. The summed E-state index contributed by atoms with van der Waals surface area (Å²) in [5, 5.41) is 0. The monoisotopic (exact) mass is 345 g/mol. The largest absolute Gasteiger partial charge is 0.497 e. The average molecular weight is 346 g/mol. The van der Waals surface area contributed by atoms with Gasteiger partial charge in [-0.3, -0.25) is 4.79 Å². The molecule has 1 heterocycles. The van der Waals surface area contributed by atoms with Gasteiger partial charge in [0.25, 0.3) is 0 Å². The predicted octanol–water partition coefficient (Wildman–Crippen LogP) is 3.76. The van der Waals surface area contributed by atoms with Crippen LogP contribution in [0.2, 0.25) is 0 Å². The Bertz CT molecular complexity index is 699. The van der Waals surface area contributed by atoms with Gasteiger partial charge in [0.1, 0.15) is 5.75 Å². The van der Waals surface area contributed by atoms with E-state index < -0.39 is 0 Å². The standard InChI is InChI=1S/C17H16BrNO2/c1-19-16-7-6-12(18)10-14(16)15(17(19)20)9-11-4-3-5-13(8-11)21-2/h3-8,10,15H,9H2,1-2H3. The Hall–Kier alpha value is -1.81. The third-order valence-corrected chi connectivity index (χ3v) is 4.42. The zero-order chi connectivity index (χ0) is 15.0. The lowest BCUT2D eigenvalue weighted by atomic mass is 9.93. The summed E-state index contributed by atoms with van der Waals surface area (Å²) in [5.74, 6) is 0.835. The molecule has 4 heteroatoms. The molecular weight excluding hydrogens is 330 g/mol. The van der Waals surface area contributed by atoms with Gasteiger partial charge in [0, 0.05) is 17.2 Å². The number of rotatable bonds is 3. The van der Waals surface area contributed by atoms with Crippen LogP contribution in [0.1, 0.15) is 17.0 Å². The lowest BCUT2D eigenvalue weighted by Crippen LogP contribution is -2.24. The Morgan fingerprint density at radius 2 is 2.05 bits per heavy atom. The third kappa shape index (κ3) is 2.56. The summed E-state index contributed by atoms with van der Waals surface area (Å²) in [6, 6.07) is 13.9. The van der Waals surface area contributed by atoms with Gasteiger partial charge in [-0.2, -0.15) is 0 Å². The number of hydrogen-bond donors (Lipinski definition) is 0. The fraction of sp³-hybridized carbons (Fsp3) is 0.235. The predicted molar refractivity (Wildman–Crippen MR) is 87.0 cm³/mol. The molecule has 0 bridgehead atoms. The van der Waals surface area contributed by atoms with Gasteiger partial charge in [0.2, 0.25) is 5.91 Å². The van der Waals surface area contributed by atoms with E-state index in [1.165, 1.54) is 0 Å². The van der Waals surface area contributed by atoms with Crippen molar-refractivity contribution >= 4 is 27.5 Å². The summed E-state index contributed by atoms with van der Waals surface area (Å²) in [7, 11) is 3.49. The Labute approximate surface area is 132 Å². The second-order valence-corrected chi connectivity index (χ2v) is 6.12. The number of nitrogens with zero attached hydrogens (tertiary/aromatic N) is 1. The summed E-state index contributed by atoms with van der Waals surface area (Å²) in [4.78, 5) is 14.3. The highest BCUT2D eigenvalue weighted by Gasteiger charge is 2.35. The normalized spacial score (nSPS) is 17.0. The molecule has 0 spiro atoms. The smallest absolute Gasteiger partial charge is 0.234 e. The number of benzene rings is 2. The summed E-state index contributed by atoms with van der Waals surface area (Å²) < 4.78 is 6.25. The number of methoxy groups -OCH3 is 1. The van der Waals surface area contributed by atoms with Crippen LogP contribution in [0.15, 0.2) is 46.9 Å². The maximum Gasteiger partial charge on any atom is 0.234 e. The van der Waals surface area contributed by atoms with Crippen molar-refractivity contribution < 1.29 is 9.53 Å². The quantitative estimate of drug-likeness (QED) is 0.847. The Morgan fingerprint density at radius 3 is 2.81 bits per heavy atom. The molecule has 108 valence electrons. The van der Waals surface area contributed by atoms with Crippen LogP contribution in [-0.4, -0.2) is 20.1 Å². The van der Waals surface area contributed by atoms with E-state index in [0.29, 0.717) is 6.42 Å². The number of fused-ring (bicyclic) bond motifs is 1. The van der Waals surface area contributed by atoms with Crippen LogP contribution in [-0.2, 0) is 11.2 Å². The van der Waals surface area contributed by atoms with Crippen LogP contribution < -0.4 is 9.64 Å². The highest BCUT2D eigenvalue weighted by Crippen LogP contribution is 2.39. The Morgan fingerprint density at radius 1 is 1.24 bits per heavy atom. The van der Waals surface area contributed by atoms with Gasteiger partial charge in [0.15, 0.2) is 0 Å². The maximum absolute atomic E-state index is 12.5. The summed E-state index contributed by atoms with van der Waals surface area (Å²) in [5.41, 5.74) is 3.18. The van der Waals surface area contributed by atoms with E-state index in [9.17, 15) is 4.79 Å². The number of carbonyl (C=O) groups is 1. The van der Waals surface area contributed by atoms with Gasteiger partial charge in [-0.15, -0.1) is 0 Å². The molecular formula is C17H16BrNO2. The van der Waals surface area contributed by atoms with Gasteiger partial charge >= 0.3 is 0 Å². The highest BCUT2D eigenvalue weighted by atomic mass is 79.9. The molecule has 1 atom stereocenters. The fourth-order valence-corrected chi connectivity index (χ4v) is 3.21. The molecule has 1 aliphatic rings. The molecule has 0 fully saturated rings. The zero-order valence-electron chi connectivity index (χ0n) is 12.0. The lowest BCUT2D eigenvalue weighted by Gasteiger charge is -2.12. The van der Waals surface area contributed by atoms with E-state index in [1.807, 2.05) is 49.5 Å². The molecule has 1 aliphatic heterocycles. The molecule has 1 amide bonds. The maximum atomic E-state index is 12.5. The van der Waals surface area contributed by atoms with E-state index in [1.54, 1.807) is 12.0 Å². The van der Waals surface area contributed by atoms with Gasteiger partial charge in [-0.25, -0.2) is 0 Å². The van der Waals surface area contributed by atoms with E-state index in [2.05, 4.69) is 15.9 Å². The van der Waals surface area contributed by atoms with Crippen molar-refractivity contribution in [2.24, 2.45) is 0 Å². The summed E-state index contributed by atoms with van der Waals surface area (Å²) in [6.45, 7) is 0. The lowest BCUT2D eigenvalue weighted by molar-refractivity contribution is -0.119. The minimum Gasteiger partial charge on any atom is -0.497 e. The van der Waals surface area contributed by atoms with Gasteiger partial charge < -0.3 is 9.64 Å². The number of halogens is 1. The molecule has 3 rings (SSSR count). The van der Waals surface area contributed by atoms with Crippen molar-refractivity contribution in [1.29, 1.82) is 0 Å². The van der Waals surface area contributed by atoms with E-state index >= 15 is 0 Å². The van der Waals surface area contributed by atoms with Crippen molar-refractivity contribution in [3.05, 3.63) is 58.1 Å². The number of ether oxygens (including phenoxy) is 1. The number of carbonyl (C=O) groups excluding carboxylic acids is 1. The van der Waals surface area contributed by atoms with Crippen molar-refractivity contribution in [3.8, 4) is 5.75 Å². The second kappa shape index (κ2) is 5.53. The minimum absolute atomic E-state index is 0.130. The van der Waals surface area contributed by atoms with Crippen LogP contribution >= 0.6 is 15.9 Å². The van der Waals surface area contributed by atoms with Crippen LogP contribution in [0.5, 0.6) is 5.75 Å². The highest BCUT2D eigenvalue weighted by molar-refractivity contribution is 9.10. The molecule has 0 N–H and O–H groups in total. The first-order valence-corrected chi connectivity index (χ1v) is 7.59. The third-order valence-electron chi connectivity index (χ3n) is 3.93. The molecule has 21 heavy (non-hydrogen) atoms. The van der Waals surface area contributed by atoms with Gasteiger partial charge in [-0.1, -0.05) is 28.1 Å². The Balaban J connectivity index is 1.95. The first-order chi connectivity index (χ1) is 10.1. The van der Waals surface area contributed by atoms with Crippen LogP contribution in [0, 0.1) is 0 Å². The molecule has 0 radical (unpaired) electrons. The first-order valence-electron chi connectivity index (χ1n) is 6.80. The molecule has 0 aromatic heterocycles. The van der Waals surface area contributed by atoms with Crippen molar-refractivity contribution in [2.75, 3.05) is 19.1 Å². The molecule has 1 unspecified atom stereocenters. The zero-order valence-corrected chi connectivity index (χ0v) is 13.6. The molecule has 2 aromatic rings. The van der Waals surface area contributed by atoms with Crippen molar-refractivity contribution in [2.45, 2.75) is 12.3 Å². The van der Waals surface area contributed by atoms with E-state index in [0.717, 1.165) is 27.0 Å². The molecule has 0 aliphatic carbocycles. The number of anilines is 1. The SMILES string of the molecule is COc1cccc(CC2C(=O)N(C)c3ccc(Br)cc32)c1. The van der Waals surface area contributed by atoms with Crippen LogP contribution in [0.25, 0.3) is 0 Å². The summed E-state index contributed by atoms with van der Waals surface area (Å²) in [6.07, 6.45) is 0.684. The molecule has 0 saturated heterocycles. The van der Waals surface area contributed by atoms with Crippen LogP contribution in [0.3, 0.4) is 0 Å². The number of likely N-dealkylation sites (N-methyl/N-ethyl adjacent to an activating group) is 1. The fourth-order valence-electron chi connectivity index (χ4n) is 2.83.